The van der Waals surface area contributed by atoms with E-state index in [0.29, 0.717) is 0 Å². The molecule has 0 N–H and O–H groups in total. The van der Waals surface area contributed by atoms with Crippen LogP contribution < -0.4 is 4.90 Å². The van der Waals surface area contributed by atoms with Gasteiger partial charge in [-0.1, -0.05) is 104 Å². The Balaban J connectivity index is 1.21. The fourth-order valence-corrected chi connectivity index (χ4v) is 7.92. The van der Waals surface area contributed by atoms with E-state index >= 15 is 0 Å². The van der Waals surface area contributed by atoms with E-state index < -0.39 is 0 Å². The Kier molecular flexibility index (Phi) is 6.15. The van der Waals surface area contributed by atoms with Crippen molar-refractivity contribution in [3.05, 3.63) is 130 Å². The number of nitrogens with zero attached hydrogens (tertiary/aromatic N) is 2. The number of allylic oxidation sites excluding steroid dienone is 8. The number of likely N-dealkylation sites (N-methyl/N-ethyl adjacent to an activating group) is 1. The molecule has 4 aromatic rings. The standard InChI is InChI=1S/C39H38ClN2/c1-38(2)31-21-17-25-11-7-9-13-29(25)36(31)41(5)33(38)23-19-27-15-16-28(35(27)40)20-24-34-39(3,4)32-22-18-26-12-8-10-14-30(26)37(32)42(34)6/h7-14,17-24H,15-16H2,1-6H3/q+1. The summed E-state index contributed by atoms with van der Waals surface area (Å²) >= 11 is 7.06. The summed E-state index contributed by atoms with van der Waals surface area (Å²) in [5.41, 5.74) is 10.2. The molecule has 210 valence electrons. The van der Waals surface area contributed by atoms with Gasteiger partial charge in [-0.3, -0.25) is 0 Å². The van der Waals surface area contributed by atoms with Crippen molar-refractivity contribution in [2.45, 2.75) is 51.4 Å². The van der Waals surface area contributed by atoms with Gasteiger partial charge in [0.05, 0.1) is 16.5 Å². The van der Waals surface area contributed by atoms with E-state index in [2.05, 4.69) is 148 Å². The van der Waals surface area contributed by atoms with Crippen molar-refractivity contribution in [1.29, 1.82) is 0 Å². The van der Waals surface area contributed by atoms with Crippen LogP contribution in [0, 0.1) is 0 Å². The number of anilines is 1. The van der Waals surface area contributed by atoms with Crippen LogP contribution in [0.1, 0.15) is 51.7 Å². The van der Waals surface area contributed by atoms with Crippen LogP contribution >= 0.6 is 11.6 Å². The predicted molar refractivity (Wildman–Crippen MR) is 181 cm³/mol. The number of rotatable bonds is 3. The molecule has 0 bridgehead atoms. The predicted octanol–water partition coefficient (Wildman–Crippen LogP) is 10.1. The molecule has 0 fully saturated rings. The molecule has 0 unspecified atom stereocenters. The van der Waals surface area contributed by atoms with E-state index in [1.54, 1.807) is 0 Å². The SMILES string of the molecule is CN1/C(=C/C=C2\CCC(/C=C/C3=[N+](C)c4c(ccc5ccccc45)C3(C)C)=C2Cl)C(C)(C)c2ccc3ccccc3c21. The first-order valence-corrected chi connectivity index (χ1v) is 15.4. The third kappa shape index (κ3) is 3.88. The fourth-order valence-electron chi connectivity index (χ4n) is 7.60. The molecular formula is C39H38ClN2+. The van der Waals surface area contributed by atoms with Crippen molar-refractivity contribution in [2.75, 3.05) is 19.0 Å². The molecule has 0 saturated carbocycles. The highest BCUT2D eigenvalue weighted by atomic mass is 35.5. The molecular weight excluding hydrogens is 532 g/mol. The first-order chi connectivity index (χ1) is 20.1. The monoisotopic (exact) mass is 569 g/mol. The topological polar surface area (TPSA) is 6.25 Å². The average molecular weight is 570 g/mol. The lowest BCUT2D eigenvalue weighted by Gasteiger charge is -2.23. The van der Waals surface area contributed by atoms with Crippen LogP contribution in [0.2, 0.25) is 0 Å². The van der Waals surface area contributed by atoms with Gasteiger partial charge in [-0.25, -0.2) is 0 Å². The average Bonchev–Trinajstić information content (AvgIpc) is 3.50. The van der Waals surface area contributed by atoms with Gasteiger partial charge < -0.3 is 4.90 Å². The summed E-state index contributed by atoms with van der Waals surface area (Å²) < 4.78 is 2.37. The van der Waals surface area contributed by atoms with Crippen LogP contribution in [-0.2, 0) is 10.8 Å². The Labute approximate surface area is 254 Å². The summed E-state index contributed by atoms with van der Waals surface area (Å²) in [6, 6.07) is 26.5. The number of benzene rings is 4. The molecule has 42 heavy (non-hydrogen) atoms. The highest BCUT2D eigenvalue weighted by Gasteiger charge is 2.44. The van der Waals surface area contributed by atoms with Gasteiger partial charge in [0.1, 0.15) is 7.05 Å². The molecule has 4 aromatic carbocycles. The van der Waals surface area contributed by atoms with E-state index in [-0.39, 0.29) is 10.8 Å². The molecule has 2 aliphatic heterocycles. The van der Waals surface area contributed by atoms with Crippen molar-refractivity contribution in [3.63, 3.8) is 0 Å². The van der Waals surface area contributed by atoms with Gasteiger partial charge in [0.2, 0.25) is 5.69 Å². The highest BCUT2D eigenvalue weighted by Crippen LogP contribution is 2.50. The van der Waals surface area contributed by atoms with Crippen LogP contribution in [0.3, 0.4) is 0 Å². The molecule has 2 nitrogen and oxygen atoms in total. The zero-order chi connectivity index (χ0) is 29.4. The maximum absolute atomic E-state index is 7.06. The van der Waals surface area contributed by atoms with Crippen LogP contribution in [-0.4, -0.2) is 24.4 Å². The van der Waals surface area contributed by atoms with Crippen molar-refractivity contribution in [1.82, 2.24) is 0 Å². The number of hydrogen-bond acceptors (Lipinski definition) is 1. The molecule has 0 spiro atoms. The summed E-state index contributed by atoms with van der Waals surface area (Å²) in [7, 11) is 4.39. The molecule has 0 radical (unpaired) electrons. The van der Waals surface area contributed by atoms with E-state index in [9.17, 15) is 0 Å². The smallest absolute Gasteiger partial charge is 0.217 e. The summed E-state index contributed by atoms with van der Waals surface area (Å²) in [5.74, 6) is 0. The minimum Gasteiger partial charge on any atom is -0.347 e. The van der Waals surface area contributed by atoms with Gasteiger partial charge >= 0.3 is 0 Å². The molecule has 0 saturated heterocycles. The van der Waals surface area contributed by atoms with Crippen molar-refractivity contribution < 1.29 is 4.58 Å². The Hall–Kier alpha value is -3.88. The minimum absolute atomic E-state index is 0.0862. The molecule has 0 aromatic heterocycles. The minimum atomic E-state index is -0.0862. The van der Waals surface area contributed by atoms with E-state index in [1.807, 2.05) is 0 Å². The number of halogens is 1. The van der Waals surface area contributed by atoms with Crippen molar-refractivity contribution in [3.8, 4) is 0 Å². The lowest BCUT2D eigenvalue weighted by atomic mass is 9.80. The van der Waals surface area contributed by atoms with Crippen molar-refractivity contribution >= 4 is 50.2 Å². The van der Waals surface area contributed by atoms with Gasteiger partial charge in [-0.15, -0.1) is 0 Å². The largest absolute Gasteiger partial charge is 0.347 e. The van der Waals surface area contributed by atoms with Crippen LogP contribution in [0.25, 0.3) is 21.5 Å². The zero-order valence-corrected chi connectivity index (χ0v) is 26.2. The lowest BCUT2D eigenvalue weighted by molar-refractivity contribution is -0.399. The molecule has 0 amide bonds. The molecule has 3 heteroatoms. The quantitative estimate of drug-likeness (QED) is 0.222. The second kappa shape index (κ2) is 9.57. The van der Waals surface area contributed by atoms with Gasteiger partial charge in [-0.2, -0.15) is 4.58 Å². The van der Waals surface area contributed by atoms with Gasteiger partial charge in [0, 0.05) is 40.2 Å². The van der Waals surface area contributed by atoms with Crippen LogP contribution in [0.5, 0.6) is 0 Å². The molecule has 7 rings (SSSR count). The molecule has 2 heterocycles. The fraction of sp³-hybridized carbons (Fsp3) is 0.256. The first kappa shape index (κ1) is 27.0. The first-order valence-electron chi connectivity index (χ1n) is 15.0. The second-order valence-corrected chi connectivity index (χ2v) is 13.4. The highest BCUT2D eigenvalue weighted by molar-refractivity contribution is 6.33. The summed E-state index contributed by atoms with van der Waals surface area (Å²) in [5, 5.41) is 6.07. The number of hydrogen-bond donors (Lipinski definition) is 0. The third-order valence-corrected chi connectivity index (χ3v) is 10.4. The van der Waals surface area contributed by atoms with E-state index in [0.717, 1.165) is 17.9 Å². The Bertz CT molecular complexity index is 1960. The summed E-state index contributed by atoms with van der Waals surface area (Å²) in [6.45, 7) is 9.31. The molecule has 3 aliphatic rings. The Morgan fingerprint density at radius 3 is 2.12 bits per heavy atom. The van der Waals surface area contributed by atoms with Crippen LogP contribution in [0.15, 0.2) is 119 Å². The van der Waals surface area contributed by atoms with E-state index in [4.69, 9.17) is 11.6 Å². The zero-order valence-electron chi connectivity index (χ0n) is 25.4. The Morgan fingerprint density at radius 2 is 1.38 bits per heavy atom. The maximum atomic E-state index is 7.06. The van der Waals surface area contributed by atoms with Crippen molar-refractivity contribution in [2.24, 2.45) is 0 Å². The van der Waals surface area contributed by atoms with Gasteiger partial charge in [0.25, 0.3) is 0 Å². The second-order valence-electron chi connectivity index (χ2n) is 13.0. The van der Waals surface area contributed by atoms with E-state index in [1.165, 1.54) is 66.6 Å². The summed E-state index contributed by atoms with van der Waals surface area (Å²) in [6.07, 6.45) is 11.0. The van der Waals surface area contributed by atoms with Gasteiger partial charge in [-0.05, 0) is 66.3 Å². The van der Waals surface area contributed by atoms with Crippen LogP contribution in [0.4, 0.5) is 11.4 Å². The number of fused-ring (bicyclic) bond motifs is 6. The normalized spacial score (nSPS) is 21.2. The molecule has 0 atom stereocenters. The summed E-state index contributed by atoms with van der Waals surface area (Å²) in [4.78, 5) is 2.37. The molecule has 1 aliphatic carbocycles. The maximum Gasteiger partial charge on any atom is 0.217 e. The lowest BCUT2D eigenvalue weighted by Crippen LogP contribution is -2.26. The Morgan fingerprint density at radius 1 is 0.738 bits per heavy atom. The third-order valence-electron chi connectivity index (χ3n) is 9.93. The van der Waals surface area contributed by atoms with Gasteiger partial charge in [0.15, 0.2) is 5.71 Å².